The summed E-state index contributed by atoms with van der Waals surface area (Å²) in [7, 11) is 0. The monoisotopic (exact) mass is 263 g/mol. The minimum absolute atomic E-state index is 0.411. The molecule has 6 nitrogen and oxygen atoms in total. The van der Waals surface area contributed by atoms with E-state index in [1.807, 2.05) is 19.9 Å². The summed E-state index contributed by atoms with van der Waals surface area (Å²) in [6, 6.07) is 5.30. The number of amides is 3. The quantitative estimate of drug-likeness (QED) is 0.665. The van der Waals surface area contributed by atoms with E-state index in [0.717, 1.165) is 11.1 Å². The largest absolute Gasteiger partial charge is 0.366 e. The van der Waals surface area contributed by atoms with Crippen LogP contribution in [0, 0.1) is 13.8 Å². The molecule has 102 valence electrons. The maximum absolute atomic E-state index is 12.0. The van der Waals surface area contributed by atoms with Crippen molar-refractivity contribution in [3.8, 4) is 0 Å². The Hall–Kier alpha value is -2.37. The molecule has 6 heteroatoms. The maximum atomic E-state index is 12.0. The van der Waals surface area contributed by atoms with Crippen molar-refractivity contribution in [1.29, 1.82) is 0 Å². The van der Waals surface area contributed by atoms with Crippen LogP contribution in [0.3, 0.4) is 0 Å². The second-order valence-electron chi connectivity index (χ2n) is 4.39. The normalized spacial score (nSPS) is 11.5. The van der Waals surface area contributed by atoms with Gasteiger partial charge in [-0.15, -0.1) is 0 Å². The molecule has 1 aromatic rings. The van der Waals surface area contributed by atoms with Gasteiger partial charge in [-0.25, -0.2) is 0 Å². The van der Waals surface area contributed by atoms with E-state index >= 15 is 0 Å². The Kier molecular flexibility index (Phi) is 4.63. The van der Waals surface area contributed by atoms with E-state index < -0.39 is 23.9 Å². The van der Waals surface area contributed by atoms with E-state index in [2.05, 4.69) is 10.6 Å². The van der Waals surface area contributed by atoms with Gasteiger partial charge in [0, 0.05) is 12.5 Å². The van der Waals surface area contributed by atoms with Gasteiger partial charge in [-0.3, -0.25) is 14.4 Å². The molecule has 0 heterocycles. The number of rotatable bonds is 4. The smallest absolute Gasteiger partial charge is 0.260 e. The van der Waals surface area contributed by atoms with Crippen molar-refractivity contribution in [2.45, 2.75) is 26.9 Å². The average molecular weight is 263 g/mol. The first kappa shape index (κ1) is 14.7. The first-order valence-electron chi connectivity index (χ1n) is 5.75. The van der Waals surface area contributed by atoms with Gasteiger partial charge in [0.2, 0.25) is 5.91 Å². The fourth-order valence-electron chi connectivity index (χ4n) is 1.70. The Balaban J connectivity index is 2.87. The molecule has 1 rings (SSSR count). The zero-order valence-corrected chi connectivity index (χ0v) is 11.1. The second kappa shape index (κ2) is 5.99. The van der Waals surface area contributed by atoms with Crippen molar-refractivity contribution in [2.24, 2.45) is 5.73 Å². The topological polar surface area (TPSA) is 101 Å². The van der Waals surface area contributed by atoms with Crippen LogP contribution in [0.5, 0.6) is 0 Å². The van der Waals surface area contributed by atoms with Crippen LogP contribution < -0.4 is 16.4 Å². The summed E-state index contributed by atoms with van der Waals surface area (Å²) in [5, 5.41) is 4.64. The van der Waals surface area contributed by atoms with Crippen molar-refractivity contribution in [1.82, 2.24) is 10.6 Å². The molecule has 0 saturated carbocycles. The van der Waals surface area contributed by atoms with Crippen LogP contribution in [-0.2, 0) is 9.59 Å². The molecule has 0 spiro atoms. The van der Waals surface area contributed by atoms with Crippen molar-refractivity contribution >= 4 is 17.7 Å². The van der Waals surface area contributed by atoms with Crippen LogP contribution in [-0.4, -0.2) is 23.9 Å². The molecule has 0 bridgehead atoms. The Morgan fingerprint density at radius 1 is 1.05 bits per heavy atom. The fourth-order valence-corrected chi connectivity index (χ4v) is 1.70. The Morgan fingerprint density at radius 3 is 2.00 bits per heavy atom. The molecule has 19 heavy (non-hydrogen) atoms. The molecule has 4 N–H and O–H groups in total. The predicted octanol–water partition coefficient (Wildman–Crippen LogP) is -0.0193. The van der Waals surface area contributed by atoms with Crippen molar-refractivity contribution in [3.05, 3.63) is 34.9 Å². The number of carbonyl (C=O) groups excluding carboxylic acids is 3. The van der Waals surface area contributed by atoms with Crippen LogP contribution in [0.25, 0.3) is 0 Å². The second-order valence-corrected chi connectivity index (χ2v) is 4.39. The molecule has 0 aliphatic rings. The lowest BCUT2D eigenvalue weighted by Gasteiger charge is -2.16. The van der Waals surface area contributed by atoms with E-state index in [4.69, 9.17) is 5.73 Å². The molecule has 1 aromatic carbocycles. The number of nitrogens with one attached hydrogen (secondary N) is 2. The van der Waals surface area contributed by atoms with Crippen LogP contribution in [0.15, 0.2) is 18.2 Å². The van der Waals surface area contributed by atoms with Crippen LogP contribution >= 0.6 is 0 Å². The molecule has 0 radical (unpaired) electrons. The molecular weight excluding hydrogens is 246 g/mol. The van der Waals surface area contributed by atoms with Crippen molar-refractivity contribution in [2.75, 3.05) is 0 Å². The summed E-state index contributed by atoms with van der Waals surface area (Å²) in [5.74, 6) is -1.75. The minimum atomic E-state index is -1.22. The molecular formula is C13H17N3O3. The lowest BCUT2D eigenvalue weighted by molar-refractivity contribution is -0.126. The van der Waals surface area contributed by atoms with Gasteiger partial charge in [0.25, 0.3) is 11.8 Å². The summed E-state index contributed by atoms with van der Waals surface area (Å²) < 4.78 is 0. The van der Waals surface area contributed by atoms with E-state index in [1.165, 1.54) is 6.92 Å². The molecule has 0 aliphatic heterocycles. The summed E-state index contributed by atoms with van der Waals surface area (Å²) in [6.45, 7) is 4.96. The van der Waals surface area contributed by atoms with Gasteiger partial charge in [0.1, 0.15) is 0 Å². The molecule has 1 atom stereocenters. The predicted molar refractivity (Wildman–Crippen MR) is 70.2 cm³/mol. The first-order valence-corrected chi connectivity index (χ1v) is 5.75. The Labute approximate surface area is 111 Å². The minimum Gasteiger partial charge on any atom is -0.366 e. The highest BCUT2D eigenvalue weighted by molar-refractivity contribution is 5.98. The molecule has 1 unspecified atom stereocenters. The Morgan fingerprint density at radius 2 is 1.58 bits per heavy atom. The third kappa shape index (κ3) is 4.42. The number of primary amides is 1. The maximum Gasteiger partial charge on any atom is 0.260 e. The first-order chi connectivity index (χ1) is 8.79. The fraction of sp³-hybridized carbons (Fsp3) is 0.308. The van der Waals surface area contributed by atoms with E-state index in [0.29, 0.717) is 5.56 Å². The highest BCUT2D eigenvalue weighted by atomic mass is 16.2. The van der Waals surface area contributed by atoms with Crippen LogP contribution in [0.1, 0.15) is 28.4 Å². The van der Waals surface area contributed by atoms with Crippen molar-refractivity contribution in [3.63, 3.8) is 0 Å². The van der Waals surface area contributed by atoms with Gasteiger partial charge < -0.3 is 16.4 Å². The van der Waals surface area contributed by atoms with Crippen molar-refractivity contribution < 1.29 is 14.4 Å². The van der Waals surface area contributed by atoms with Crippen LogP contribution in [0.4, 0.5) is 0 Å². The molecule has 0 aromatic heterocycles. The highest BCUT2D eigenvalue weighted by Gasteiger charge is 2.19. The summed E-state index contributed by atoms with van der Waals surface area (Å²) in [4.78, 5) is 34.0. The Bertz CT molecular complexity index is 506. The van der Waals surface area contributed by atoms with E-state index in [1.54, 1.807) is 12.1 Å². The van der Waals surface area contributed by atoms with Crippen LogP contribution in [0.2, 0.25) is 0 Å². The van der Waals surface area contributed by atoms with Gasteiger partial charge in [0.15, 0.2) is 6.17 Å². The molecule has 0 saturated heterocycles. The summed E-state index contributed by atoms with van der Waals surface area (Å²) in [6.07, 6.45) is -1.22. The average Bonchev–Trinajstić information content (AvgIpc) is 2.25. The number of hydrogen-bond donors (Lipinski definition) is 3. The van der Waals surface area contributed by atoms with Gasteiger partial charge in [-0.05, 0) is 26.0 Å². The zero-order valence-electron chi connectivity index (χ0n) is 11.1. The lowest BCUT2D eigenvalue weighted by Crippen LogP contribution is -2.54. The molecule has 0 fully saturated rings. The lowest BCUT2D eigenvalue weighted by atomic mass is 10.1. The molecule has 3 amide bonds. The standard InChI is InChI=1S/C13H17N3O3/c1-7-4-8(2)6-10(5-7)13(19)16-12(11(14)18)15-9(3)17/h4-6,12H,1-3H3,(H2,14,18)(H,15,17)(H,16,19). The third-order valence-electron chi connectivity index (χ3n) is 2.39. The molecule has 0 aliphatic carbocycles. The van der Waals surface area contributed by atoms with Gasteiger partial charge in [-0.2, -0.15) is 0 Å². The van der Waals surface area contributed by atoms with Gasteiger partial charge in [0.05, 0.1) is 0 Å². The number of hydrogen-bond acceptors (Lipinski definition) is 3. The summed E-state index contributed by atoms with van der Waals surface area (Å²) in [5.41, 5.74) is 7.38. The third-order valence-corrected chi connectivity index (χ3v) is 2.39. The zero-order chi connectivity index (χ0) is 14.6. The van der Waals surface area contributed by atoms with Gasteiger partial charge >= 0.3 is 0 Å². The van der Waals surface area contributed by atoms with Gasteiger partial charge in [-0.1, -0.05) is 17.2 Å². The summed E-state index contributed by atoms with van der Waals surface area (Å²) >= 11 is 0. The van der Waals surface area contributed by atoms with E-state index in [9.17, 15) is 14.4 Å². The van der Waals surface area contributed by atoms with E-state index in [-0.39, 0.29) is 0 Å². The number of aryl methyl sites for hydroxylation is 2. The number of benzene rings is 1. The SMILES string of the molecule is CC(=O)NC(NC(=O)c1cc(C)cc(C)c1)C(N)=O. The highest BCUT2D eigenvalue weighted by Crippen LogP contribution is 2.08. The number of nitrogens with two attached hydrogens (primary N) is 1. The number of carbonyl (C=O) groups is 3.